The number of aliphatic hydroxyl groups is 1. The molecular formula is C8H15NO3. The maximum atomic E-state index is 9.38. The van der Waals surface area contributed by atoms with Crippen LogP contribution in [0.2, 0.25) is 0 Å². The lowest BCUT2D eigenvalue weighted by molar-refractivity contribution is 0.0101. The van der Waals surface area contributed by atoms with Gasteiger partial charge in [0.2, 0.25) is 0 Å². The third-order valence-electron chi connectivity index (χ3n) is 2.21. The lowest BCUT2D eigenvalue weighted by Crippen LogP contribution is -2.38. The maximum Gasteiger partial charge on any atom is 0.104 e. The number of aliphatic hydroxyl groups excluding tert-OH is 1. The van der Waals surface area contributed by atoms with E-state index in [1.165, 1.54) is 0 Å². The first-order valence-electron chi connectivity index (χ1n) is 4.41. The average molecular weight is 173 g/mol. The van der Waals surface area contributed by atoms with E-state index in [0.717, 1.165) is 26.3 Å². The molecule has 3 unspecified atom stereocenters. The predicted octanol–water partition coefficient (Wildman–Crippen LogP) is -0.576. The van der Waals surface area contributed by atoms with Crippen LogP contribution in [0.5, 0.6) is 0 Å². The van der Waals surface area contributed by atoms with Crippen LogP contribution >= 0.6 is 0 Å². The third kappa shape index (κ3) is 2.42. The predicted molar refractivity (Wildman–Crippen MR) is 42.7 cm³/mol. The molecule has 2 aliphatic heterocycles. The van der Waals surface area contributed by atoms with E-state index in [1.807, 2.05) is 4.90 Å². The molecular weight excluding hydrogens is 158 g/mol. The molecule has 0 spiro atoms. The number of ether oxygens (including phenoxy) is 2. The standard InChI is InChI=1S/C8H15NO3/c1-6(10)9(2-7-4-11-7)3-8-5-12-8/h6-8,10H,2-5H2,1H3. The topological polar surface area (TPSA) is 48.5 Å². The molecule has 2 heterocycles. The van der Waals surface area contributed by atoms with Gasteiger partial charge in [-0.05, 0) is 6.92 Å². The summed E-state index contributed by atoms with van der Waals surface area (Å²) >= 11 is 0. The molecule has 0 amide bonds. The minimum Gasteiger partial charge on any atom is -0.379 e. The molecule has 0 radical (unpaired) electrons. The Morgan fingerprint density at radius 1 is 1.33 bits per heavy atom. The number of rotatable bonds is 5. The van der Waals surface area contributed by atoms with E-state index in [0.29, 0.717) is 12.2 Å². The smallest absolute Gasteiger partial charge is 0.104 e. The van der Waals surface area contributed by atoms with Crippen molar-refractivity contribution in [2.75, 3.05) is 26.3 Å². The van der Waals surface area contributed by atoms with Crippen LogP contribution in [0.25, 0.3) is 0 Å². The fraction of sp³-hybridized carbons (Fsp3) is 1.00. The van der Waals surface area contributed by atoms with Crippen molar-refractivity contribution in [2.24, 2.45) is 0 Å². The Hall–Kier alpha value is -0.160. The molecule has 0 aromatic rings. The minimum atomic E-state index is -0.390. The van der Waals surface area contributed by atoms with Gasteiger partial charge in [-0.1, -0.05) is 0 Å². The van der Waals surface area contributed by atoms with E-state index in [9.17, 15) is 5.11 Å². The number of epoxide rings is 2. The van der Waals surface area contributed by atoms with Crippen molar-refractivity contribution in [3.8, 4) is 0 Å². The molecule has 0 aliphatic carbocycles. The lowest BCUT2D eigenvalue weighted by atomic mass is 10.3. The third-order valence-corrected chi connectivity index (χ3v) is 2.21. The number of hydrogen-bond acceptors (Lipinski definition) is 4. The zero-order chi connectivity index (χ0) is 8.55. The molecule has 2 aliphatic rings. The van der Waals surface area contributed by atoms with E-state index < -0.39 is 6.23 Å². The van der Waals surface area contributed by atoms with Crippen molar-refractivity contribution in [3.05, 3.63) is 0 Å². The molecule has 0 bridgehead atoms. The molecule has 0 aromatic carbocycles. The molecule has 0 saturated carbocycles. The van der Waals surface area contributed by atoms with E-state index in [1.54, 1.807) is 6.92 Å². The summed E-state index contributed by atoms with van der Waals surface area (Å²) in [4.78, 5) is 2.00. The Morgan fingerprint density at radius 3 is 2.00 bits per heavy atom. The van der Waals surface area contributed by atoms with Gasteiger partial charge in [0.15, 0.2) is 0 Å². The Morgan fingerprint density at radius 2 is 1.75 bits per heavy atom. The average Bonchev–Trinajstić information content (AvgIpc) is 2.78. The van der Waals surface area contributed by atoms with Crippen LogP contribution in [0.1, 0.15) is 6.92 Å². The monoisotopic (exact) mass is 173 g/mol. The summed E-state index contributed by atoms with van der Waals surface area (Å²) in [6.07, 6.45) is 0.301. The fourth-order valence-corrected chi connectivity index (χ4v) is 1.25. The highest BCUT2D eigenvalue weighted by atomic mass is 16.6. The molecule has 2 saturated heterocycles. The van der Waals surface area contributed by atoms with Gasteiger partial charge < -0.3 is 14.6 Å². The van der Waals surface area contributed by atoms with E-state index >= 15 is 0 Å². The van der Waals surface area contributed by atoms with Gasteiger partial charge >= 0.3 is 0 Å². The number of nitrogens with zero attached hydrogens (tertiary/aromatic N) is 1. The quantitative estimate of drug-likeness (QED) is 0.446. The van der Waals surface area contributed by atoms with Gasteiger partial charge in [0.05, 0.1) is 25.4 Å². The summed E-state index contributed by atoms with van der Waals surface area (Å²) in [7, 11) is 0. The molecule has 12 heavy (non-hydrogen) atoms. The highest BCUT2D eigenvalue weighted by Gasteiger charge is 2.32. The fourth-order valence-electron chi connectivity index (χ4n) is 1.25. The Kier molecular flexibility index (Phi) is 2.32. The largest absolute Gasteiger partial charge is 0.379 e. The summed E-state index contributed by atoms with van der Waals surface area (Å²) < 4.78 is 10.2. The molecule has 1 N–H and O–H groups in total. The normalized spacial score (nSPS) is 35.2. The summed E-state index contributed by atoms with van der Waals surface area (Å²) in [5, 5.41) is 9.38. The molecule has 70 valence electrons. The van der Waals surface area contributed by atoms with Crippen molar-refractivity contribution >= 4 is 0 Å². The van der Waals surface area contributed by atoms with Crippen LogP contribution in [0.15, 0.2) is 0 Å². The Bertz CT molecular complexity index is 140. The zero-order valence-electron chi connectivity index (χ0n) is 7.27. The van der Waals surface area contributed by atoms with Gasteiger partial charge in [-0.2, -0.15) is 0 Å². The lowest BCUT2D eigenvalue weighted by Gasteiger charge is -2.23. The van der Waals surface area contributed by atoms with Crippen LogP contribution in [0.4, 0.5) is 0 Å². The van der Waals surface area contributed by atoms with Crippen LogP contribution in [-0.4, -0.2) is 54.7 Å². The molecule has 3 atom stereocenters. The van der Waals surface area contributed by atoms with E-state index in [-0.39, 0.29) is 0 Å². The van der Waals surface area contributed by atoms with Crippen molar-refractivity contribution in [3.63, 3.8) is 0 Å². The second kappa shape index (κ2) is 3.30. The first-order chi connectivity index (χ1) is 5.75. The highest BCUT2D eigenvalue weighted by molar-refractivity contribution is 4.80. The zero-order valence-corrected chi connectivity index (χ0v) is 7.27. The molecule has 4 nitrogen and oxygen atoms in total. The molecule has 2 fully saturated rings. The maximum absolute atomic E-state index is 9.38. The van der Waals surface area contributed by atoms with Crippen LogP contribution in [0, 0.1) is 0 Å². The summed E-state index contributed by atoms with van der Waals surface area (Å²) in [6, 6.07) is 0. The van der Waals surface area contributed by atoms with Gasteiger partial charge in [-0.3, -0.25) is 4.90 Å². The van der Waals surface area contributed by atoms with Crippen LogP contribution in [-0.2, 0) is 9.47 Å². The Labute approximate surface area is 72.1 Å². The first-order valence-corrected chi connectivity index (χ1v) is 4.41. The van der Waals surface area contributed by atoms with Crippen molar-refractivity contribution in [1.29, 1.82) is 0 Å². The second-order valence-electron chi connectivity index (χ2n) is 3.50. The summed E-state index contributed by atoms with van der Waals surface area (Å²) in [5.41, 5.74) is 0. The second-order valence-corrected chi connectivity index (χ2v) is 3.50. The van der Waals surface area contributed by atoms with Crippen LogP contribution < -0.4 is 0 Å². The van der Waals surface area contributed by atoms with Crippen molar-refractivity contribution in [2.45, 2.75) is 25.4 Å². The van der Waals surface area contributed by atoms with Crippen molar-refractivity contribution < 1.29 is 14.6 Å². The van der Waals surface area contributed by atoms with Gasteiger partial charge in [0.25, 0.3) is 0 Å². The molecule has 2 rings (SSSR count). The van der Waals surface area contributed by atoms with E-state index in [2.05, 4.69) is 0 Å². The van der Waals surface area contributed by atoms with Crippen molar-refractivity contribution in [1.82, 2.24) is 4.90 Å². The highest BCUT2D eigenvalue weighted by Crippen LogP contribution is 2.16. The van der Waals surface area contributed by atoms with Gasteiger partial charge in [0, 0.05) is 13.1 Å². The summed E-state index contributed by atoms with van der Waals surface area (Å²) in [5.74, 6) is 0. The van der Waals surface area contributed by atoms with Gasteiger partial charge in [0.1, 0.15) is 6.23 Å². The van der Waals surface area contributed by atoms with Gasteiger partial charge in [-0.25, -0.2) is 0 Å². The number of hydrogen-bond donors (Lipinski definition) is 1. The Balaban J connectivity index is 1.74. The molecule has 0 aromatic heterocycles. The van der Waals surface area contributed by atoms with Gasteiger partial charge in [-0.15, -0.1) is 0 Å². The van der Waals surface area contributed by atoms with Crippen LogP contribution in [0.3, 0.4) is 0 Å². The van der Waals surface area contributed by atoms with E-state index in [4.69, 9.17) is 9.47 Å². The SMILES string of the molecule is CC(O)N(CC1CO1)CC1CO1. The molecule has 4 heteroatoms. The minimum absolute atomic E-state index is 0.346. The summed E-state index contributed by atoms with van der Waals surface area (Å²) in [6.45, 7) is 5.13. The first kappa shape index (κ1) is 8.44.